The second-order valence-electron chi connectivity index (χ2n) is 8.92. The Morgan fingerprint density at radius 3 is 2.08 bits per heavy atom. The third-order valence-electron chi connectivity index (χ3n) is 4.94. The zero-order valence-electron chi connectivity index (χ0n) is 15.8. The van der Waals surface area contributed by atoms with E-state index >= 15 is 0 Å². The number of amides is 1. The van der Waals surface area contributed by atoms with Gasteiger partial charge in [-0.2, -0.15) is 0 Å². The average molecular weight is 355 g/mol. The standard InChI is InChI=1S/C18H29NO6/c1-9(14(21)22)10(13(19)20)8-18(5,6)12-11(7-17(2,3)4)15(23)25-16(12)24/h9-12H,7-8H2,1-6H3,(H2,19,20)(H,21,22). The van der Waals surface area contributed by atoms with Gasteiger partial charge in [0.25, 0.3) is 0 Å². The van der Waals surface area contributed by atoms with Crippen molar-refractivity contribution >= 4 is 23.8 Å². The molecule has 4 atom stereocenters. The molecule has 1 amide bonds. The first-order valence-corrected chi connectivity index (χ1v) is 8.45. The van der Waals surface area contributed by atoms with Gasteiger partial charge in [0.15, 0.2) is 0 Å². The number of carbonyl (C=O) groups excluding carboxylic acids is 3. The number of nitrogens with two attached hydrogens (primary N) is 1. The zero-order valence-corrected chi connectivity index (χ0v) is 15.8. The van der Waals surface area contributed by atoms with Crippen LogP contribution in [0.15, 0.2) is 0 Å². The molecular weight excluding hydrogens is 326 g/mol. The predicted octanol–water partition coefficient (Wildman–Crippen LogP) is 1.98. The summed E-state index contributed by atoms with van der Waals surface area (Å²) in [5, 5.41) is 9.21. The molecule has 0 bridgehead atoms. The minimum Gasteiger partial charge on any atom is -0.481 e. The molecule has 0 aromatic carbocycles. The Morgan fingerprint density at radius 1 is 1.16 bits per heavy atom. The molecule has 0 aromatic heterocycles. The van der Waals surface area contributed by atoms with Crippen molar-refractivity contribution in [3.05, 3.63) is 0 Å². The van der Waals surface area contributed by atoms with Crippen molar-refractivity contribution in [2.24, 2.45) is 40.2 Å². The molecular formula is C18H29NO6. The van der Waals surface area contributed by atoms with Crippen molar-refractivity contribution in [3.63, 3.8) is 0 Å². The minimum absolute atomic E-state index is 0.0868. The summed E-state index contributed by atoms with van der Waals surface area (Å²) in [5.41, 5.74) is 4.38. The molecule has 7 nitrogen and oxygen atoms in total. The summed E-state index contributed by atoms with van der Waals surface area (Å²) < 4.78 is 4.86. The number of carboxylic acid groups (broad SMARTS) is 1. The molecule has 0 saturated carbocycles. The van der Waals surface area contributed by atoms with Crippen molar-refractivity contribution in [3.8, 4) is 0 Å². The van der Waals surface area contributed by atoms with E-state index in [1.807, 2.05) is 20.8 Å². The smallest absolute Gasteiger partial charge is 0.318 e. The van der Waals surface area contributed by atoms with E-state index < -0.39 is 52.9 Å². The summed E-state index contributed by atoms with van der Waals surface area (Å²) in [6.07, 6.45) is 0.547. The number of aliphatic carboxylic acids is 1. The highest BCUT2D eigenvalue weighted by molar-refractivity contribution is 5.97. The number of cyclic esters (lactones) is 2. The molecule has 0 aliphatic carbocycles. The normalized spacial score (nSPS) is 23.9. The van der Waals surface area contributed by atoms with Crippen LogP contribution in [-0.2, 0) is 23.9 Å². The second-order valence-corrected chi connectivity index (χ2v) is 8.92. The molecule has 1 rings (SSSR count). The van der Waals surface area contributed by atoms with E-state index in [0.717, 1.165) is 0 Å². The van der Waals surface area contributed by atoms with Crippen LogP contribution in [0.3, 0.4) is 0 Å². The number of carbonyl (C=O) groups is 4. The second kappa shape index (κ2) is 7.14. The van der Waals surface area contributed by atoms with E-state index in [2.05, 4.69) is 0 Å². The van der Waals surface area contributed by atoms with Crippen molar-refractivity contribution in [1.82, 2.24) is 0 Å². The molecule has 1 saturated heterocycles. The van der Waals surface area contributed by atoms with Gasteiger partial charge < -0.3 is 15.6 Å². The summed E-state index contributed by atoms with van der Waals surface area (Å²) in [6, 6.07) is 0. The fourth-order valence-corrected chi connectivity index (χ4v) is 3.65. The van der Waals surface area contributed by atoms with Crippen LogP contribution in [0.4, 0.5) is 0 Å². The number of esters is 2. The van der Waals surface area contributed by atoms with Crippen molar-refractivity contribution in [2.45, 2.75) is 54.4 Å². The molecule has 3 N–H and O–H groups in total. The van der Waals surface area contributed by atoms with Crippen LogP contribution in [0.25, 0.3) is 0 Å². The Hall–Kier alpha value is -1.92. The Bertz CT molecular complexity index is 575. The molecule has 4 unspecified atom stereocenters. The van der Waals surface area contributed by atoms with E-state index in [-0.39, 0.29) is 11.8 Å². The molecule has 7 heteroatoms. The first-order chi connectivity index (χ1) is 11.2. The first kappa shape index (κ1) is 21.1. The molecule has 1 aliphatic rings. The topological polar surface area (TPSA) is 124 Å². The summed E-state index contributed by atoms with van der Waals surface area (Å²) in [5.74, 6) is -6.30. The Kier molecular flexibility index (Phi) is 6.03. The molecule has 1 heterocycles. The summed E-state index contributed by atoms with van der Waals surface area (Å²) in [7, 11) is 0. The zero-order chi connectivity index (χ0) is 19.7. The summed E-state index contributed by atoms with van der Waals surface area (Å²) >= 11 is 0. The number of hydrogen-bond donors (Lipinski definition) is 2. The van der Waals surface area contributed by atoms with E-state index in [1.54, 1.807) is 13.8 Å². The molecule has 142 valence electrons. The molecule has 0 radical (unpaired) electrons. The van der Waals surface area contributed by atoms with E-state index in [1.165, 1.54) is 6.92 Å². The fourth-order valence-electron chi connectivity index (χ4n) is 3.65. The Morgan fingerprint density at radius 2 is 1.68 bits per heavy atom. The van der Waals surface area contributed by atoms with E-state index in [9.17, 15) is 24.3 Å². The number of primary amides is 1. The SMILES string of the molecule is CC(C(=O)O)C(CC(C)(C)C1C(=O)OC(=O)C1CC(C)(C)C)C(N)=O. The third-order valence-corrected chi connectivity index (χ3v) is 4.94. The number of ether oxygens (including phenoxy) is 1. The lowest BCUT2D eigenvalue weighted by atomic mass is 9.64. The Balaban J connectivity index is 3.15. The lowest BCUT2D eigenvalue weighted by Gasteiger charge is -2.36. The Labute approximate surface area is 148 Å². The summed E-state index contributed by atoms with van der Waals surface area (Å²) in [4.78, 5) is 47.5. The largest absolute Gasteiger partial charge is 0.481 e. The number of carboxylic acids is 1. The van der Waals surface area contributed by atoms with Crippen LogP contribution in [0.2, 0.25) is 0 Å². The molecule has 1 fully saturated rings. The monoisotopic (exact) mass is 355 g/mol. The molecule has 0 spiro atoms. The lowest BCUT2D eigenvalue weighted by Crippen LogP contribution is -2.41. The van der Waals surface area contributed by atoms with Gasteiger partial charge in [-0.1, -0.05) is 41.5 Å². The number of rotatable bonds is 7. The predicted molar refractivity (Wildman–Crippen MR) is 90.0 cm³/mol. The highest BCUT2D eigenvalue weighted by Crippen LogP contribution is 2.47. The number of hydrogen-bond acceptors (Lipinski definition) is 5. The van der Waals surface area contributed by atoms with Crippen LogP contribution in [0.5, 0.6) is 0 Å². The van der Waals surface area contributed by atoms with Crippen molar-refractivity contribution in [2.75, 3.05) is 0 Å². The maximum Gasteiger partial charge on any atom is 0.318 e. The molecule has 25 heavy (non-hydrogen) atoms. The first-order valence-electron chi connectivity index (χ1n) is 8.45. The minimum atomic E-state index is -1.13. The maximum absolute atomic E-state index is 12.3. The highest BCUT2D eigenvalue weighted by Gasteiger charge is 2.53. The maximum atomic E-state index is 12.3. The van der Waals surface area contributed by atoms with Crippen LogP contribution in [0, 0.1) is 34.5 Å². The van der Waals surface area contributed by atoms with Gasteiger partial charge in [-0.05, 0) is 23.7 Å². The van der Waals surface area contributed by atoms with Gasteiger partial charge >= 0.3 is 17.9 Å². The van der Waals surface area contributed by atoms with Gasteiger partial charge in [0.1, 0.15) is 0 Å². The fraction of sp³-hybridized carbons (Fsp3) is 0.778. The van der Waals surface area contributed by atoms with E-state index in [0.29, 0.717) is 6.42 Å². The van der Waals surface area contributed by atoms with Gasteiger partial charge in [-0.25, -0.2) is 0 Å². The van der Waals surface area contributed by atoms with Gasteiger partial charge in [0.05, 0.1) is 23.7 Å². The van der Waals surface area contributed by atoms with Gasteiger partial charge in [-0.15, -0.1) is 0 Å². The van der Waals surface area contributed by atoms with Crippen molar-refractivity contribution < 1.29 is 29.0 Å². The van der Waals surface area contributed by atoms with Crippen LogP contribution >= 0.6 is 0 Å². The van der Waals surface area contributed by atoms with Crippen LogP contribution < -0.4 is 5.73 Å². The van der Waals surface area contributed by atoms with Crippen molar-refractivity contribution in [1.29, 1.82) is 0 Å². The highest BCUT2D eigenvalue weighted by atomic mass is 16.6. The van der Waals surface area contributed by atoms with Crippen LogP contribution in [0.1, 0.15) is 54.4 Å². The lowest BCUT2D eigenvalue weighted by molar-refractivity contribution is -0.155. The van der Waals surface area contributed by atoms with Crippen LogP contribution in [-0.4, -0.2) is 28.9 Å². The van der Waals surface area contributed by atoms with Gasteiger partial charge in [0.2, 0.25) is 5.91 Å². The molecule has 0 aromatic rings. The summed E-state index contributed by atoms with van der Waals surface area (Å²) in [6.45, 7) is 10.8. The quantitative estimate of drug-likeness (QED) is 0.531. The van der Waals surface area contributed by atoms with Gasteiger partial charge in [-0.3, -0.25) is 19.2 Å². The average Bonchev–Trinajstić information content (AvgIpc) is 2.68. The van der Waals surface area contributed by atoms with Gasteiger partial charge in [0, 0.05) is 0 Å². The van der Waals surface area contributed by atoms with E-state index in [4.69, 9.17) is 10.5 Å². The molecule has 1 aliphatic heterocycles. The third kappa shape index (κ3) is 5.03.